The summed E-state index contributed by atoms with van der Waals surface area (Å²) in [6, 6.07) is 158. The third kappa shape index (κ3) is 14.9. The number of rotatable bonds is 16. The van der Waals surface area contributed by atoms with Crippen LogP contribution in [-0.4, -0.2) is 29.9 Å². The van der Waals surface area contributed by atoms with Crippen LogP contribution in [0.5, 0.6) is 0 Å². The van der Waals surface area contributed by atoms with E-state index >= 15 is 0 Å². The van der Waals surface area contributed by atoms with Gasteiger partial charge >= 0.3 is 0 Å². The highest BCUT2D eigenvalue weighted by Crippen LogP contribution is 2.49. The zero-order chi connectivity index (χ0) is 81.1. The monoisotopic (exact) mass is 1570 g/mol. The molecule has 7 nitrogen and oxygen atoms in total. The molecule has 4 aromatic heterocycles. The Hall–Kier alpha value is -16.0. The second-order valence-corrected chi connectivity index (χ2v) is 31.4. The predicted molar refractivity (Wildman–Crippen MR) is 507 cm³/mol. The molecule has 4 heterocycles. The molecule has 0 aliphatic heterocycles. The molecule has 18 aromatic carbocycles. The lowest BCUT2D eigenvalue weighted by Gasteiger charge is -2.13. The minimum Gasteiger partial charge on any atom is -0.455 e. The molecule has 572 valence electrons. The lowest BCUT2D eigenvalue weighted by molar-refractivity contribution is 0.671. The summed E-state index contributed by atoms with van der Waals surface area (Å²) in [4.78, 5) is 30.9. The molecule has 0 saturated heterocycles. The summed E-state index contributed by atoms with van der Waals surface area (Å²) in [7, 11) is 0. The largest absolute Gasteiger partial charge is 0.455 e. The number of nitrogens with zero attached hydrogens (tertiary/aromatic N) is 6. The number of thiophene rings is 1. The van der Waals surface area contributed by atoms with Crippen LogP contribution < -0.4 is 0 Å². The minimum atomic E-state index is 0.589. The van der Waals surface area contributed by atoms with Crippen LogP contribution in [0.25, 0.3) is 222 Å². The maximum Gasteiger partial charge on any atom is 0.164 e. The fraction of sp³-hybridized carbons (Fsp3) is 0. The Labute approximate surface area is 711 Å². The lowest BCUT2D eigenvalue weighted by atomic mass is 9.93. The van der Waals surface area contributed by atoms with Crippen molar-refractivity contribution < 1.29 is 4.42 Å². The molecule has 0 saturated carbocycles. The lowest BCUT2D eigenvalue weighted by Crippen LogP contribution is -2.00. The SMILES string of the molecule is c1ccc(-c2ccc(-c3nc(-c4ccccc4)nc(-c4cc(-c5ccccc5)cc(-c5cccc6c5oc5c(-c7ccccc7)cc(-c7ccccc7)cc56)c4)n3)cc2)cc1.c1ccc(-c2ccc(-c3nc(-c4ccccc4)nc(-c4cc(-c5ccccc5)cc(-c5cccc6c5sc5c(-c7ccccc7)cc(-c7ccccc7)cc56)c4)n3)cc2)cc1. The van der Waals surface area contributed by atoms with Crippen LogP contribution in [0.2, 0.25) is 0 Å². The summed E-state index contributed by atoms with van der Waals surface area (Å²) in [5.74, 6) is 3.69. The number of para-hydroxylation sites is 1. The summed E-state index contributed by atoms with van der Waals surface area (Å²) in [5.41, 5.74) is 29.8. The Morgan fingerprint density at radius 1 is 0.139 bits per heavy atom. The van der Waals surface area contributed by atoms with Crippen LogP contribution >= 0.6 is 11.3 Å². The predicted octanol–water partition coefficient (Wildman–Crippen LogP) is 30.7. The van der Waals surface area contributed by atoms with Gasteiger partial charge in [-0.2, -0.15) is 0 Å². The van der Waals surface area contributed by atoms with Crippen molar-refractivity contribution in [3.63, 3.8) is 0 Å². The molecular formula is C114H74N6OS. The second kappa shape index (κ2) is 32.8. The highest BCUT2D eigenvalue weighted by atomic mass is 32.1. The molecule has 22 rings (SSSR count). The average Bonchev–Trinajstić information content (AvgIpc) is 1.58. The van der Waals surface area contributed by atoms with Crippen molar-refractivity contribution in [2.24, 2.45) is 0 Å². The fourth-order valence-electron chi connectivity index (χ4n) is 16.5. The normalized spacial score (nSPS) is 11.3. The van der Waals surface area contributed by atoms with E-state index < -0.39 is 0 Å². The van der Waals surface area contributed by atoms with Crippen molar-refractivity contribution in [2.45, 2.75) is 0 Å². The van der Waals surface area contributed by atoms with E-state index in [0.717, 1.165) is 133 Å². The van der Waals surface area contributed by atoms with Crippen LogP contribution in [0.1, 0.15) is 0 Å². The van der Waals surface area contributed by atoms with Crippen molar-refractivity contribution in [3.8, 4) is 180 Å². The van der Waals surface area contributed by atoms with Crippen molar-refractivity contribution in [3.05, 3.63) is 449 Å². The van der Waals surface area contributed by atoms with E-state index in [1.807, 2.05) is 78.1 Å². The van der Waals surface area contributed by atoms with E-state index in [4.69, 9.17) is 34.3 Å². The Morgan fingerprint density at radius 3 is 0.779 bits per heavy atom. The third-order valence-electron chi connectivity index (χ3n) is 22.6. The van der Waals surface area contributed by atoms with Crippen molar-refractivity contribution >= 4 is 53.4 Å². The first-order valence-electron chi connectivity index (χ1n) is 41.0. The van der Waals surface area contributed by atoms with Gasteiger partial charge in [-0.25, -0.2) is 29.9 Å². The molecule has 0 unspecified atom stereocenters. The Morgan fingerprint density at radius 2 is 0.385 bits per heavy atom. The standard InChI is InChI=1S/C57H37N3O.C57H37N3S/c2*1-6-17-38(18-7-1)41-29-31-44(32-30-41)56-58-55(43-25-14-5-15-26-43)59-57(60-56)48-34-45(39-19-8-2-9-20-39)33-47(35-48)49-27-16-28-50-52-37-46(40-21-10-3-11-22-40)36-51(54(52)61-53(49)50)42-23-12-4-13-24-42/h2*1-37H. The minimum absolute atomic E-state index is 0.589. The molecular weight excluding hydrogens is 1500 g/mol. The summed E-state index contributed by atoms with van der Waals surface area (Å²) < 4.78 is 9.58. The molecule has 0 radical (unpaired) electrons. The smallest absolute Gasteiger partial charge is 0.164 e. The molecule has 0 atom stereocenters. The summed E-state index contributed by atoms with van der Waals surface area (Å²) in [6.07, 6.45) is 0. The van der Waals surface area contributed by atoms with Gasteiger partial charge < -0.3 is 4.42 Å². The zero-order valence-electron chi connectivity index (χ0n) is 66.2. The highest BCUT2D eigenvalue weighted by molar-refractivity contribution is 7.27. The van der Waals surface area contributed by atoms with Crippen molar-refractivity contribution in [1.29, 1.82) is 0 Å². The first-order valence-corrected chi connectivity index (χ1v) is 41.8. The van der Waals surface area contributed by atoms with Gasteiger partial charge in [-0.05, 0) is 155 Å². The van der Waals surface area contributed by atoms with E-state index in [-0.39, 0.29) is 0 Å². The van der Waals surface area contributed by atoms with E-state index in [2.05, 4.69) is 382 Å². The highest BCUT2D eigenvalue weighted by Gasteiger charge is 2.24. The van der Waals surface area contributed by atoms with Gasteiger partial charge in [-0.15, -0.1) is 11.3 Å². The Kier molecular flexibility index (Phi) is 19.8. The molecule has 22 aromatic rings. The van der Waals surface area contributed by atoms with Gasteiger partial charge in [-0.3, -0.25) is 0 Å². The van der Waals surface area contributed by atoms with E-state index in [1.54, 1.807) is 0 Å². The number of hydrogen-bond donors (Lipinski definition) is 0. The molecule has 0 bridgehead atoms. The summed E-state index contributed by atoms with van der Waals surface area (Å²) in [5, 5.41) is 4.63. The van der Waals surface area contributed by atoms with Gasteiger partial charge in [0.25, 0.3) is 0 Å². The van der Waals surface area contributed by atoms with Gasteiger partial charge in [0, 0.05) is 81.0 Å². The first-order chi connectivity index (χ1) is 60.4. The Bertz CT molecular complexity index is 7080. The van der Waals surface area contributed by atoms with Gasteiger partial charge in [0.05, 0.1) is 0 Å². The second-order valence-electron chi connectivity index (χ2n) is 30.4. The molecule has 0 N–H and O–H groups in total. The summed E-state index contributed by atoms with van der Waals surface area (Å²) >= 11 is 1.87. The molecule has 0 spiro atoms. The fourth-order valence-corrected chi connectivity index (χ4v) is 17.9. The number of fused-ring (bicyclic) bond motifs is 6. The Balaban J connectivity index is 0.000000150. The molecule has 122 heavy (non-hydrogen) atoms. The molecule has 0 fully saturated rings. The number of aromatic nitrogens is 6. The maximum atomic E-state index is 7.06. The molecule has 0 aliphatic carbocycles. The number of benzene rings is 18. The quantitative estimate of drug-likeness (QED) is 0.0952. The van der Waals surface area contributed by atoms with Gasteiger partial charge in [0.1, 0.15) is 11.2 Å². The maximum absolute atomic E-state index is 7.06. The number of furan rings is 1. The van der Waals surface area contributed by atoms with Crippen LogP contribution in [0.15, 0.2) is 453 Å². The van der Waals surface area contributed by atoms with Crippen LogP contribution in [0, 0.1) is 0 Å². The van der Waals surface area contributed by atoms with E-state index in [1.165, 1.54) is 53.6 Å². The van der Waals surface area contributed by atoms with E-state index in [0.29, 0.717) is 34.9 Å². The van der Waals surface area contributed by atoms with E-state index in [9.17, 15) is 0 Å². The molecule has 0 amide bonds. The van der Waals surface area contributed by atoms with Gasteiger partial charge in [0.15, 0.2) is 34.9 Å². The van der Waals surface area contributed by atoms with Gasteiger partial charge in [-0.1, -0.05) is 388 Å². The topological polar surface area (TPSA) is 90.5 Å². The molecule has 0 aliphatic rings. The van der Waals surface area contributed by atoms with Crippen LogP contribution in [-0.2, 0) is 0 Å². The third-order valence-corrected chi connectivity index (χ3v) is 23.9. The van der Waals surface area contributed by atoms with Gasteiger partial charge in [0.2, 0.25) is 0 Å². The van der Waals surface area contributed by atoms with Crippen LogP contribution in [0.3, 0.4) is 0 Å². The average molecular weight is 1580 g/mol. The van der Waals surface area contributed by atoms with Crippen LogP contribution in [0.4, 0.5) is 0 Å². The summed E-state index contributed by atoms with van der Waals surface area (Å²) in [6.45, 7) is 0. The number of hydrogen-bond acceptors (Lipinski definition) is 8. The molecule has 8 heteroatoms. The first kappa shape index (κ1) is 73.6. The zero-order valence-corrected chi connectivity index (χ0v) is 67.0. The van der Waals surface area contributed by atoms with Crippen molar-refractivity contribution in [1.82, 2.24) is 29.9 Å². The van der Waals surface area contributed by atoms with Crippen molar-refractivity contribution in [2.75, 3.05) is 0 Å².